The number of fused-ring (bicyclic) bond motifs is 1. The summed E-state index contributed by atoms with van der Waals surface area (Å²) in [5, 5.41) is 3.66. The number of para-hydroxylation sites is 1. The van der Waals surface area contributed by atoms with E-state index in [0.717, 1.165) is 6.42 Å². The highest BCUT2D eigenvalue weighted by Gasteiger charge is 2.53. The molecule has 1 N–H and O–H groups in total. The first kappa shape index (κ1) is 16.6. The lowest BCUT2D eigenvalue weighted by atomic mass is 9.52. The third-order valence-electron chi connectivity index (χ3n) is 6.27. The Balaban J connectivity index is 1.62. The van der Waals surface area contributed by atoms with E-state index in [0.29, 0.717) is 10.7 Å². The summed E-state index contributed by atoms with van der Waals surface area (Å²) < 4.78 is 0. The van der Waals surface area contributed by atoms with Gasteiger partial charge in [-0.1, -0.05) is 72.3 Å². The number of rotatable bonds is 2. The second-order valence-electron chi connectivity index (χ2n) is 7.80. The number of benzene rings is 3. The molecule has 0 spiro atoms. The molecular formula is C24H20ClNO. The summed E-state index contributed by atoms with van der Waals surface area (Å²) in [4.78, 5) is 13.5. The highest BCUT2D eigenvalue weighted by Crippen LogP contribution is 2.61. The lowest BCUT2D eigenvalue weighted by molar-refractivity contribution is -0.126. The van der Waals surface area contributed by atoms with E-state index in [4.69, 9.17) is 11.6 Å². The molecule has 1 amide bonds. The van der Waals surface area contributed by atoms with Crippen LogP contribution in [0.15, 0.2) is 72.8 Å². The Morgan fingerprint density at radius 2 is 1.41 bits per heavy atom. The van der Waals surface area contributed by atoms with Crippen molar-refractivity contribution in [1.29, 1.82) is 0 Å². The average Bonchev–Trinajstić information content (AvgIpc) is 2.70. The first-order chi connectivity index (χ1) is 13.1. The van der Waals surface area contributed by atoms with Crippen molar-refractivity contribution in [1.82, 2.24) is 0 Å². The van der Waals surface area contributed by atoms with Crippen LogP contribution in [0.1, 0.15) is 47.4 Å². The molecule has 0 aliphatic heterocycles. The molecule has 0 unspecified atom stereocenters. The molecule has 3 heteroatoms. The third kappa shape index (κ3) is 2.36. The first-order valence-electron chi connectivity index (χ1n) is 9.33. The van der Waals surface area contributed by atoms with Crippen LogP contribution in [0.3, 0.4) is 0 Å². The fourth-order valence-corrected chi connectivity index (χ4v) is 5.20. The molecule has 0 saturated heterocycles. The number of nitrogens with one attached hydrogen (secondary N) is 1. The summed E-state index contributed by atoms with van der Waals surface area (Å²) in [6.07, 6.45) is 0.808. The number of anilines is 1. The van der Waals surface area contributed by atoms with Gasteiger partial charge in [-0.05, 0) is 47.7 Å². The standard InChI is InChI=1S/C24H20ClNO/c1-24(23(27)26-21-13-7-6-12-20(21)25)14-19-15-8-2-4-10-17(15)22(24)18-11-5-3-9-16(18)19/h2-13,19,22H,14H2,1H3,(H,26,27)/t19?,22?,24-/m1/s1. The monoisotopic (exact) mass is 373 g/mol. The molecule has 3 aromatic rings. The molecule has 1 atom stereocenters. The van der Waals surface area contributed by atoms with Crippen molar-refractivity contribution < 1.29 is 4.79 Å². The molecule has 0 saturated carbocycles. The Labute approximate surface area is 164 Å². The molecule has 0 heterocycles. The van der Waals surface area contributed by atoms with Crippen LogP contribution in [0.5, 0.6) is 0 Å². The van der Waals surface area contributed by atoms with Crippen LogP contribution in [0, 0.1) is 5.41 Å². The maximum atomic E-state index is 13.5. The van der Waals surface area contributed by atoms with E-state index in [2.05, 4.69) is 60.8 Å². The zero-order chi connectivity index (χ0) is 18.6. The van der Waals surface area contributed by atoms with E-state index in [9.17, 15) is 4.79 Å². The highest BCUT2D eigenvalue weighted by atomic mass is 35.5. The maximum absolute atomic E-state index is 13.5. The van der Waals surface area contributed by atoms with E-state index in [1.807, 2.05) is 18.2 Å². The minimum atomic E-state index is -0.521. The molecule has 2 nitrogen and oxygen atoms in total. The number of carbonyl (C=O) groups excluding carboxylic acids is 1. The van der Waals surface area contributed by atoms with Gasteiger partial charge in [-0.3, -0.25) is 4.79 Å². The Morgan fingerprint density at radius 3 is 2.00 bits per heavy atom. The topological polar surface area (TPSA) is 29.1 Å². The number of carbonyl (C=O) groups is 1. The number of hydrogen-bond acceptors (Lipinski definition) is 1. The lowest BCUT2D eigenvalue weighted by Gasteiger charge is -2.50. The summed E-state index contributed by atoms with van der Waals surface area (Å²) >= 11 is 6.28. The van der Waals surface area contributed by atoms with Crippen LogP contribution in [0.4, 0.5) is 5.69 Å². The van der Waals surface area contributed by atoms with E-state index in [1.165, 1.54) is 22.3 Å². The molecular weight excluding hydrogens is 354 g/mol. The van der Waals surface area contributed by atoms with Gasteiger partial charge in [0.2, 0.25) is 5.91 Å². The molecule has 0 fully saturated rings. The molecule has 6 rings (SSSR count). The number of hydrogen-bond donors (Lipinski definition) is 1. The van der Waals surface area contributed by atoms with Crippen molar-refractivity contribution in [3.05, 3.63) is 100 Å². The van der Waals surface area contributed by atoms with Gasteiger partial charge in [0.05, 0.1) is 16.1 Å². The second kappa shape index (κ2) is 5.97. The predicted octanol–water partition coefficient (Wildman–Crippen LogP) is 5.97. The first-order valence-corrected chi connectivity index (χ1v) is 9.71. The fourth-order valence-electron chi connectivity index (χ4n) is 5.02. The number of amides is 1. The van der Waals surface area contributed by atoms with Crippen molar-refractivity contribution in [2.45, 2.75) is 25.2 Å². The largest absolute Gasteiger partial charge is 0.324 e. The maximum Gasteiger partial charge on any atom is 0.231 e. The zero-order valence-corrected chi connectivity index (χ0v) is 15.8. The predicted molar refractivity (Wildman–Crippen MR) is 109 cm³/mol. The minimum Gasteiger partial charge on any atom is -0.324 e. The van der Waals surface area contributed by atoms with Gasteiger partial charge in [-0.15, -0.1) is 0 Å². The molecule has 134 valence electrons. The summed E-state index contributed by atoms with van der Waals surface area (Å²) in [6.45, 7) is 2.10. The molecule has 27 heavy (non-hydrogen) atoms. The Kier molecular flexibility index (Phi) is 3.66. The lowest BCUT2D eigenvalue weighted by Crippen LogP contribution is -2.47. The molecule has 2 bridgehead atoms. The zero-order valence-electron chi connectivity index (χ0n) is 15.1. The highest BCUT2D eigenvalue weighted by molar-refractivity contribution is 6.33. The van der Waals surface area contributed by atoms with Gasteiger partial charge < -0.3 is 5.32 Å². The van der Waals surface area contributed by atoms with E-state index < -0.39 is 5.41 Å². The van der Waals surface area contributed by atoms with Crippen molar-refractivity contribution in [2.24, 2.45) is 5.41 Å². The van der Waals surface area contributed by atoms with Crippen LogP contribution in [-0.2, 0) is 4.79 Å². The van der Waals surface area contributed by atoms with Gasteiger partial charge in [0.15, 0.2) is 0 Å². The van der Waals surface area contributed by atoms with E-state index in [1.54, 1.807) is 6.07 Å². The molecule has 3 aromatic carbocycles. The van der Waals surface area contributed by atoms with E-state index >= 15 is 0 Å². The van der Waals surface area contributed by atoms with Gasteiger partial charge >= 0.3 is 0 Å². The smallest absolute Gasteiger partial charge is 0.231 e. The normalized spacial score (nSPS) is 24.8. The van der Waals surface area contributed by atoms with Gasteiger partial charge in [0.1, 0.15) is 0 Å². The van der Waals surface area contributed by atoms with Gasteiger partial charge in [-0.2, -0.15) is 0 Å². The molecule has 3 aliphatic rings. The van der Waals surface area contributed by atoms with Crippen LogP contribution in [-0.4, -0.2) is 5.91 Å². The van der Waals surface area contributed by atoms with Gasteiger partial charge in [0.25, 0.3) is 0 Å². The van der Waals surface area contributed by atoms with Crippen molar-refractivity contribution >= 4 is 23.2 Å². The van der Waals surface area contributed by atoms with Crippen LogP contribution >= 0.6 is 11.6 Å². The summed E-state index contributed by atoms with van der Waals surface area (Å²) in [5.41, 5.74) is 5.45. The van der Waals surface area contributed by atoms with Crippen molar-refractivity contribution in [3.8, 4) is 0 Å². The van der Waals surface area contributed by atoms with E-state index in [-0.39, 0.29) is 17.7 Å². The molecule has 0 radical (unpaired) electrons. The molecule has 3 aliphatic carbocycles. The summed E-state index contributed by atoms with van der Waals surface area (Å²) in [6, 6.07) is 24.6. The molecule has 0 aromatic heterocycles. The van der Waals surface area contributed by atoms with Crippen molar-refractivity contribution in [2.75, 3.05) is 5.32 Å². The van der Waals surface area contributed by atoms with Crippen LogP contribution in [0.25, 0.3) is 0 Å². The third-order valence-corrected chi connectivity index (χ3v) is 6.60. The Bertz CT molecular complexity index is 1010. The average molecular weight is 374 g/mol. The summed E-state index contributed by atoms with van der Waals surface area (Å²) in [7, 11) is 0. The SMILES string of the molecule is C[C@@]1(C(=O)Nc2ccccc2Cl)CC2c3ccccc3C1c1ccccc12. The Hall–Kier alpha value is -2.58. The second-order valence-corrected chi connectivity index (χ2v) is 8.21. The quantitative estimate of drug-likeness (QED) is 0.589. The number of halogens is 1. The van der Waals surface area contributed by atoms with Crippen molar-refractivity contribution in [3.63, 3.8) is 0 Å². The van der Waals surface area contributed by atoms with Crippen LogP contribution < -0.4 is 5.32 Å². The van der Waals surface area contributed by atoms with Gasteiger partial charge in [-0.25, -0.2) is 0 Å². The Morgan fingerprint density at radius 1 is 0.889 bits per heavy atom. The van der Waals surface area contributed by atoms with Gasteiger partial charge in [0, 0.05) is 11.8 Å². The summed E-state index contributed by atoms with van der Waals surface area (Å²) in [5.74, 6) is 0.344. The van der Waals surface area contributed by atoms with Crippen LogP contribution in [0.2, 0.25) is 5.02 Å². The minimum absolute atomic E-state index is 0.0367. The fraction of sp³-hybridized carbons (Fsp3) is 0.208.